The molecular weight excluding hydrogens is 616 g/mol. The van der Waals surface area contributed by atoms with Crippen molar-refractivity contribution in [1.29, 1.82) is 0 Å². The van der Waals surface area contributed by atoms with Crippen molar-refractivity contribution in [3.63, 3.8) is 0 Å². The topological polar surface area (TPSA) is 86.8 Å². The maximum atomic E-state index is 14.1. The molecule has 0 aromatic heterocycles. The minimum atomic E-state index is -4.03. The first kappa shape index (κ1) is 32.0. The van der Waals surface area contributed by atoms with Crippen LogP contribution in [0.5, 0.6) is 0 Å². The summed E-state index contributed by atoms with van der Waals surface area (Å²) in [5, 5.41) is 3.47. The minimum absolute atomic E-state index is 0.00759. The van der Waals surface area contributed by atoms with Gasteiger partial charge in [-0.15, -0.1) is 0 Å². The van der Waals surface area contributed by atoms with E-state index in [9.17, 15) is 18.0 Å². The Labute approximate surface area is 255 Å². The number of rotatable bonds is 12. The number of sulfonamides is 1. The van der Waals surface area contributed by atoms with Crippen molar-refractivity contribution in [1.82, 2.24) is 10.2 Å². The van der Waals surface area contributed by atoms with Gasteiger partial charge in [0, 0.05) is 24.5 Å². The van der Waals surface area contributed by atoms with E-state index < -0.39 is 28.5 Å². The van der Waals surface area contributed by atoms with Crippen molar-refractivity contribution in [3.8, 4) is 0 Å². The predicted molar refractivity (Wildman–Crippen MR) is 163 cm³/mol. The van der Waals surface area contributed by atoms with Gasteiger partial charge in [0.25, 0.3) is 0 Å². The van der Waals surface area contributed by atoms with Crippen molar-refractivity contribution in [2.24, 2.45) is 0 Å². The monoisotopic (exact) mass is 643 g/mol. The van der Waals surface area contributed by atoms with E-state index in [2.05, 4.69) is 5.32 Å². The molecule has 2 amide bonds. The first-order chi connectivity index (χ1) is 18.9. The van der Waals surface area contributed by atoms with E-state index in [-0.39, 0.29) is 39.6 Å². The van der Waals surface area contributed by atoms with Crippen molar-refractivity contribution in [2.45, 2.75) is 32.4 Å². The average Bonchev–Trinajstić information content (AvgIpc) is 2.91. The number of nitrogens with one attached hydrogen (secondary N) is 1. The van der Waals surface area contributed by atoms with Gasteiger partial charge in [0.1, 0.15) is 12.6 Å². The lowest BCUT2D eigenvalue weighted by Gasteiger charge is -2.34. The van der Waals surface area contributed by atoms with Gasteiger partial charge in [-0.3, -0.25) is 13.9 Å². The number of anilines is 1. The van der Waals surface area contributed by atoms with Crippen molar-refractivity contribution >= 4 is 73.9 Å². The molecule has 1 atom stereocenters. The fourth-order valence-corrected chi connectivity index (χ4v) is 5.77. The summed E-state index contributed by atoms with van der Waals surface area (Å²) in [6.07, 6.45) is 1.84. The molecule has 0 unspecified atom stereocenters. The molecule has 0 saturated heterocycles. The highest BCUT2D eigenvalue weighted by molar-refractivity contribution is 7.92. The number of hydrogen-bond donors (Lipinski definition) is 1. The Morgan fingerprint density at radius 2 is 1.50 bits per heavy atom. The number of amides is 2. The zero-order valence-corrected chi connectivity index (χ0v) is 25.8. The van der Waals surface area contributed by atoms with E-state index in [0.29, 0.717) is 23.6 Å². The summed E-state index contributed by atoms with van der Waals surface area (Å²) in [6.45, 7) is 1.65. The van der Waals surface area contributed by atoms with E-state index >= 15 is 0 Å². The molecule has 3 aromatic carbocycles. The molecule has 3 rings (SSSR count). The van der Waals surface area contributed by atoms with Crippen LogP contribution in [0.3, 0.4) is 0 Å². The smallest absolute Gasteiger partial charge is 0.244 e. The SMILES string of the molecule is CCCNC(=O)[C@H](Cc1ccccc1)N(Cc1ccccc1Cl)C(=O)CN(c1cc(Cl)c(Cl)cc1Cl)S(C)(=O)=O. The van der Waals surface area contributed by atoms with Crippen LogP contribution in [-0.2, 0) is 32.6 Å². The van der Waals surface area contributed by atoms with E-state index in [0.717, 1.165) is 16.1 Å². The lowest BCUT2D eigenvalue weighted by Crippen LogP contribution is -2.53. The van der Waals surface area contributed by atoms with Crippen LogP contribution in [0.2, 0.25) is 20.1 Å². The van der Waals surface area contributed by atoms with Gasteiger partial charge >= 0.3 is 0 Å². The lowest BCUT2D eigenvalue weighted by molar-refractivity contribution is -0.140. The highest BCUT2D eigenvalue weighted by Crippen LogP contribution is 2.35. The third-order valence-electron chi connectivity index (χ3n) is 6.06. The first-order valence-corrected chi connectivity index (χ1v) is 15.7. The third kappa shape index (κ3) is 8.51. The van der Waals surface area contributed by atoms with E-state index in [1.54, 1.807) is 24.3 Å². The number of hydrogen-bond acceptors (Lipinski definition) is 4. The fraction of sp³-hybridized carbons (Fsp3) is 0.286. The van der Waals surface area contributed by atoms with Crippen LogP contribution in [-0.4, -0.2) is 50.5 Å². The summed E-state index contributed by atoms with van der Waals surface area (Å²) in [6, 6.07) is 17.8. The molecule has 12 heteroatoms. The molecule has 0 aliphatic rings. The van der Waals surface area contributed by atoms with Crippen LogP contribution < -0.4 is 9.62 Å². The number of nitrogens with zero attached hydrogens (tertiary/aromatic N) is 2. The lowest BCUT2D eigenvalue weighted by atomic mass is 10.0. The van der Waals surface area contributed by atoms with Gasteiger partial charge in [-0.2, -0.15) is 0 Å². The van der Waals surface area contributed by atoms with E-state index in [4.69, 9.17) is 46.4 Å². The zero-order chi connectivity index (χ0) is 29.4. The maximum absolute atomic E-state index is 14.1. The molecule has 0 heterocycles. The van der Waals surface area contributed by atoms with Gasteiger partial charge in [0.05, 0.1) is 27.0 Å². The third-order valence-corrected chi connectivity index (χ3v) is 8.58. The molecular formula is C28H29Cl4N3O4S. The molecule has 0 spiro atoms. The summed E-state index contributed by atoms with van der Waals surface area (Å²) >= 11 is 25.0. The second kappa shape index (κ2) is 14.4. The standard InChI is InChI=1S/C28H29Cl4N3O4S/c1-3-13-33-28(37)26(14-19-9-5-4-6-10-19)34(17-20-11-7-8-12-21(20)29)27(36)18-35(40(2,38)39)25-16-23(31)22(30)15-24(25)32/h4-12,15-16,26H,3,13-14,17-18H2,1-2H3,(H,33,37)/t26-/m0/s1. The Bertz CT molecular complexity index is 1460. The average molecular weight is 645 g/mol. The highest BCUT2D eigenvalue weighted by atomic mass is 35.5. The molecule has 7 nitrogen and oxygen atoms in total. The number of carbonyl (C=O) groups excluding carboxylic acids is 2. The van der Waals surface area contributed by atoms with Crippen molar-refractivity contribution < 1.29 is 18.0 Å². The first-order valence-electron chi connectivity index (χ1n) is 12.4. The molecule has 0 saturated carbocycles. The number of halogens is 4. The Balaban J connectivity index is 2.09. The van der Waals surface area contributed by atoms with Gasteiger partial charge < -0.3 is 10.2 Å². The van der Waals surface area contributed by atoms with Gasteiger partial charge in [-0.25, -0.2) is 8.42 Å². The number of carbonyl (C=O) groups is 2. The largest absolute Gasteiger partial charge is 0.354 e. The zero-order valence-electron chi connectivity index (χ0n) is 21.9. The Morgan fingerprint density at radius 3 is 2.12 bits per heavy atom. The molecule has 1 N–H and O–H groups in total. The highest BCUT2D eigenvalue weighted by Gasteiger charge is 2.34. The van der Waals surface area contributed by atoms with Gasteiger partial charge in [0.2, 0.25) is 21.8 Å². The summed E-state index contributed by atoms with van der Waals surface area (Å²) in [4.78, 5) is 28.9. The normalized spacial score (nSPS) is 12.1. The van der Waals surface area contributed by atoms with Crippen molar-refractivity contribution in [3.05, 3.63) is 97.9 Å². The van der Waals surface area contributed by atoms with Crippen LogP contribution in [0.15, 0.2) is 66.7 Å². The van der Waals surface area contributed by atoms with Gasteiger partial charge in [0.15, 0.2) is 0 Å². The number of benzene rings is 3. The molecule has 214 valence electrons. The summed E-state index contributed by atoms with van der Waals surface area (Å²) < 4.78 is 26.7. The molecule has 0 radical (unpaired) electrons. The summed E-state index contributed by atoms with van der Waals surface area (Å²) in [5.41, 5.74) is 1.40. The fourth-order valence-electron chi connectivity index (χ4n) is 4.03. The molecule has 40 heavy (non-hydrogen) atoms. The molecule has 0 aliphatic carbocycles. The molecule has 0 bridgehead atoms. The summed E-state index contributed by atoms with van der Waals surface area (Å²) in [5.74, 6) is -1.01. The van der Waals surface area contributed by atoms with E-state index in [1.165, 1.54) is 17.0 Å². The maximum Gasteiger partial charge on any atom is 0.244 e. The molecule has 3 aromatic rings. The minimum Gasteiger partial charge on any atom is -0.354 e. The Hall–Kier alpha value is -2.49. The molecule has 0 fully saturated rings. The van der Waals surface area contributed by atoms with Crippen LogP contribution in [0.25, 0.3) is 0 Å². The Morgan fingerprint density at radius 1 is 0.875 bits per heavy atom. The quantitative estimate of drug-likeness (QED) is 0.237. The van der Waals surface area contributed by atoms with Crippen LogP contribution >= 0.6 is 46.4 Å². The van der Waals surface area contributed by atoms with Gasteiger partial charge in [-0.1, -0.05) is 102 Å². The second-order valence-corrected chi connectivity index (χ2v) is 12.6. The van der Waals surface area contributed by atoms with Crippen LogP contribution in [0, 0.1) is 0 Å². The predicted octanol–water partition coefficient (Wildman–Crippen LogP) is 6.23. The van der Waals surface area contributed by atoms with Crippen LogP contribution in [0.1, 0.15) is 24.5 Å². The molecule has 0 aliphatic heterocycles. The summed E-state index contributed by atoms with van der Waals surface area (Å²) in [7, 11) is -4.03. The second-order valence-electron chi connectivity index (χ2n) is 9.10. The van der Waals surface area contributed by atoms with Crippen molar-refractivity contribution in [2.75, 3.05) is 23.7 Å². The van der Waals surface area contributed by atoms with E-state index in [1.807, 2.05) is 37.3 Å². The Kier molecular flexibility index (Phi) is 11.5. The van der Waals surface area contributed by atoms with Crippen LogP contribution in [0.4, 0.5) is 5.69 Å². The van der Waals surface area contributed by atoms with Gasteiger partial charge in [-0.05, 0) is 35.7 Å².